The highest BCUT2D eigenvalue weighted by atomic mass is 79.9. The Labute approximate surface area is 206 Å². The Morgan fingerprint density at radius 2 is 1.73 bits per heavy atom. The minimum absolute atomic E-state index is 0.151. The maximum absolute atomic E-state index is 12.6. The van der Waals surface area contributed by atoms with Gasteiger partial charge in [0, 0.05) is 32.2 Å². The van der Waals surface area contributed by atoms with Gasteiger partial charge in [-0.2, -0.15) is 0 Å². The van der Waals surface area contributed by atoms with Crippen LogP contribution in [0.2, 0.25) is 0 Å². The minimum atomic E-state index is -3.71. The lowest BCUT2D eigenvalue weighted by molar-refractivity contribution is 0.601. The van der Waals surface area contributed by atoms with E-state index < -0.39 is 10.0 Å². The summed E-state index contributed by atoms with van der Waals surface area (Å²) in [6, 6.07) is 14.7. The molecule has 33 heavy (non-hydrogen) atoms. The molecule has 0 bridgehead atoms. The van der Waals surface area contributed by atoms with Gasteiger partial charge in [0.2, 0.25) is 0 Å². The number of rotatable bonds is 6. The van der Waals surface area contributed by atoms with Crippen molar-refractivity contribution in [1.82, 2.24) is 15.0 Å². The zero-order valence-corrected chi connectivity index (χ0v) is 21.1. The molecule has 0 saturated carbocycles. The lowest BCUT2D eigenvalue weighted by atomic mass is 10.0. The van der Waals surface area contributed by atoms with Gasteiger partial charge in [0.25, 0.3) is 10.0 Å². The first-order valence-electron chi connectivity index (χ1n) is 9.70. The van der Waals surface area contributed by atoms with Crippen LogP contribution in [-0.2, 0) is 10.0 Å². The molecular formula is C22H16BrN5O2S3. The van der Waals surface area contributed by atoms with Crippen molar-refractivity contribution in [3.8, 4) is 11.1 Å². The van der Waals surface area contributed by atoms with Crippen LogP contribution in [0.1, 0.15) is 4.88 Å². The molecule has 3 aromatic heterocycles. The highest BCUT2D eigenvalue weighted by Crippen LogP contribution is 2.41. The third-order valence-electron chi connectivity index (χ3n) is 4.88. The molecule has 166 valence electrons. The van der Waals surface area contributed by atoms with E-state index in [-0.39, 0.29) is 4.90 Å². The number of aryl methyl sites for hydroxylation is 1. The molecule has 0 spiro atoms. The van der Waals surface area contributed by atoms with E-state index >= 15 is 0 Å². The van der Waals surface area contributed by atoms with Gasteiger partial charge in [-0.3, -0.25) is 4.72 Å². The van der Waals surface area contributed by atoms with Crippen molar-refractivity contribution >= 4 is 75.5 Å². The maximum Gasteiger partial charge on any atom is 0.263 e. The van der Waals surface area contributed by atoms with Crippen LogP contribution in [0.5, 0.6) is 0 Å². The third-order valence-corrected chi connectivity index (χ3v) is 8.59. The minimum Gasteiger partial charge on any atom is -0.340 e. The molecule has 0 aliphatic rings. The van der Waals surface area contributed by atoms with Gasteiger partial charge in [-0.15, -0.1) is 22.7 Å². The molecule has 0 amide bonds. The summed E-state index contributed by atoms with van der Waals surface area (Å²) in [5, 5.41) is 6.30. The van der Waals surface area contributed by atoms with Gasteiger partial charge >= 0.3 is 0 Å². The lowest BCUT2D eigenvalue weighted by Crippen LogP contribution is -2.12. The van der Waals surface area contributed by atoms with Gasteiger partial charge in [0.1, 0.15) is 17.0 Å². The summed E-state index contributed by atoms with van der Waals surface area (Å²) >= 11 is 6.32. The molecular weight excluding hydrogens is 542 g/mol. The fourth-order valence-corrected chi connectivity index (χ4v) is 6.47. The zero-order chi connectivity index (χ0) is 23.0. The lowest BCUT2D eigenvalue weighted by Gasteiger charge is -2.10. The Hall–Kier alpha value is -2.86. The van der Waals surface area contributed by atoms with Crippen molar-refractivity contribution in [2.24, 2.45) is 0 Å². The van der Waals surface area contributed by atoms with Gasteiger partial charge in [0.05, 0.1) is 10.3 Å². The van der Waals surface area contributed by atoms with Crippen LogP contribution in [0.25, 0.3) is 21.3 Å². The molecule has 5 aromatic rings. The molecule has 0 atom stereocenters. The number of benzene rings is 2. The standard InChI is InChI=1S/C22H16BrN5O2S3/c1-13-18(14-2-4-15(23)5-3-14)19-20(25-12-26-21(19)32-13)27-16-6-8-17(9-7-16)33(29,30)28-22-24-10-11-31-22/h2-12H,1H3,(H,24,28)(H,25,26,27). The Balaban J connectivity index is 1.48. The number of hydrogen-bond donors (Lipinski definition) is 2. The average Bonchev–Trinajstić information content (AvgIpc) is 3.42. The van der Waals surface area contributed by atoms with E-state index in [1.54, 1.807) is 47.2 Å². The van der Waals surface area contributed by atoms with E-state index in [0.717, 1.165) is 30.7 Å². The first-order chi connectivity index (χ1) is 15.9. The highest BCUT2D eigenvalue weighted by molar-refractivity contribution is 9.10. The van der Waals surface area contributed by atoms with Gasteiger partial charge in [0.15, 0.2) is 5.13 Å². The average molecular weight is 559 g/mol. The fraction of sp³-hybridized carbons (Fsp3) is 0.0455. The van der Waals surface area contributed by atoms with Crippen LogP contribution in [0.15, 0.2) is 75.8 Å². The number of fused-ring (bicyclic) bond motifs is 1. The van der Waals surface area contributed by atoms with Crippen molar-refractivity contribution in [2.45, 2.75) is 11.8 Å². The van der Waals surface area contributed by atoms with Crippen LogP contribution < -0.4 is 10.0 Å². The third kappa shape index (κ3) is 4.49. The second kappa shape index (κ2) is 8.82. The number of nitrogens with zero attached hydrogens (tertiary/aromatic N) is 3. The summed E-state index contributed by atoms with van der Waals surface area (Å²) in [6.07, 6.45) is 3.08. The summed E-state index contributed by atoms with van der Waals surface area (Å²) in [7, 11) is -3.71. The topological polar surface area (TPSA) is 96.9 Å². The SMILES string of the molecule is Cc1sc2ncnc(Nc3ccc(S(=O)(=O)Nc4nccs4)cc3)c2c1-c1ccc(Br)cc1. The number of anilines is 3. The number of thiophene rings is 1. The molecule has 0 unspecified atom stereocenters. The Bertz CT molecular complexity index is 1530. The number of sulfonamides is 1. The van der Waals surface area contributed by atoms with Crippen LogP contribution in [-0.4, -0.2) is 23.4 Å². The summed E-state index contributed by atoms with van der Waals surface area (Å²) in [5.74, 6) is 0.666. The van der Waals surface area contributed by atoms with Crippen molar-refractivity contribution in [2.75, 3.05) is 10.0 Å². The molecule has 7 nitrogen and oxygen atoms in total. The predicted octanol–water partition coefficient (Wildman–Crippen LogP) is 6.43. The number of halogens is 1. The summed E-state index contributed by atoms with van der Waals surface area (Å²) < 4.78 is 28.7. The molecule has 0 radical (unpaired) electrons. The second-order valence-corrected chi connectivity index (χ2v) is 11.7. The number of thiazole rings is 1. The molecule has 0 aliphatic carbocycles. The smallest absolute Gasteiger partial charge is 0.263 e. The number of nitrogens with one attached hydrogen (secondary N) is 2. The Morgan fingerprint density at radius 3 is 2.42 bits per heavy atom. The van der Waals surface area contributed by atoms with E-state index in [1.807, 2.05) is 12.1 Å². The molecule has 0 aliphatic heterocycles. The van der Waals surface area contributed by atoms with Crippen molar-refractivity contribution in [3.05, 3.63) is 75.8 Å². The van der Waals surface area contributed by atoms with Crippen molar-refractivity contribution < 1.29 is 8.42 Å². The van der Waals surface area contributed by atoms with Crippen LogP contribution in [0.3, 0.4) is 0 Å². The molecule has 0 fully saturated rings. The first-order valence-corrected chi connectivity index (χ1v) is 13.7. The summed E-state index contributed by atoms with van der Waals surface area (Å²) in [5.41, 5.74) is 2.88. The largest absolute Gasteiger partial charge is 0.340 e. The first kappa shape index (κ1) is 22.0. The Morgan fingerprint density at radius 1 is 0.970 bits per heavy atom. The molecule has 11 heteroatoms. The molecule has 0 saturated heterocycles. The second-order valence-electron chi connectivity index (χ2n) is 7.03. The van der Waals surface area contributed by atoms with E-state index in [9.17, 15) is 8.42 Å². The van der Waals surface area contributed by atoms with Crippen LogP contribution >= 0.6 is 38.6 Å². The van der Waals surface area contributed by atoms with Crippen molar-refractivity contribution in [3.63, 3.8) is 0 Å². The highest BCUT2D eigenvalue weighted by Gasteiger charge is 2.18. The van der Waals surface area contributed by atoms with E-state index in [0.29, 0.717) is 16.6 Å². The number of hydrogen-bond acceptors (Lipinski definition) is 8. The maximum atomic E-state index is 12.6. The Kier molecular flexibility index (Phi) is 5.87. The van der Waals surface area contributed by atoms with Crippen molar-refractivity contribution in [1.29, 1.82) is 0 Å². The normalized spacial score (nSPS) is 11.6. The van der Waals surface area contributed by atoms with Gasteiger partial charge in [-0.05, 0) is 48.9 Å². The predicted molar refractivity (Wildman–Crippen MR) is 138 cm³/mol. The molecule has 3 heterocycles. The van der Waals surface area contributed by atoms with Gasteiger partial charge < -0.3 is 5.32 Å². The van der Waals surface area contributed by atoms with Gasteiger partial charge in [-0.25, -0.2) is 23.4 Å². The monoisotopic (exact) mass is 557 g/mol. The summed E-state index contributed by atoms with van der Waals surface area (Å²) in [4.78, 5) is 15.1. The fourth-order valence-electron chi connectivity index (χ4n) is 3.41. The van der Waals surface area contributed by atoms with Crippen LogP contribution in [0.4, 0.5) is 16.6 Å². The molecule has 5 rings (SSSR count). The van der Waals surface area contributed by atoms with E-state index in [4.69, 9.17) is 0 Å². The summed E-state index contributed by atoms with van der Waals surface area (Å²) in [6.45, 7) is 2.07. The van der Waals surface area contributed by atoms with Gasteiger partial charge in [-0.1, -0.05) is 28.1 Å². The molecule has 2 N–H and O–H groups in total. The zero-order valence-electron chi connectivity index (χ0n) is 17.1. The number of aromatic nitrogens is 3. The van der Waals surface area contributed by atoms with E-state index in [1.165, 1.54) is 17.7 Å². The van der Waals surface area contributed by atoms with E-state index in [2.05, 4.69) is 60.0 Å². The van der Waals surface area contributed by atoms with Crippen LogP contribution in [0, 0.1) is 6.92 Å². The quantitative estimate of drug-likeness (QED) is 0.249. The molecule has 2 aromatic carbocycles.